The number of anilines is 1. The van der Waals surface area contributed by atoms with E-state index in [0.29, 0.717) is 16.1 Å². The molecule has 3 N–H and O–H groups in total. The third-order valence-corrected chi connectivity index (χ3v) is 5.97. The maximum atomic E-state index is 13.0. The molecule has 0 heterocycles. The van der Waals surface area contributed by atoms with Gasteiger partial charge in [0.25, 0.3) is 11.8 Å². The van der Waals surface area contributed by atoms with Crippen molar-refractivity contribution in [3.05, 3.63) is 94.5 Å². The van der Waals surface area contributed by atoms with Crippen LogP contribution in [0.3, 0.4) is 0 Å². The highest BCUT2D eigenvalue weighted by Crippen LogP contribution is 2.39. The largest absolute Gasteiger partial charge is 0.506 e. The monoisotopic (exact) mass is 434 g/mol. The molecule has 158 valence electrons. The first-order valence-electron chi connectivity index (χ1n) is 10.2. The van der Waals surface area contributed by atoms with Gasteiger partial charge in [0.05, 0.1) is 11.2 Å². The molecule has 1 aliphatic rings. The van der Waals surface area contributed by atoms with Gasteiger partial charge in [0.15, 0.2) is 0 Å². The van der Waals surface area contributed by atoms with Crippen LogP contribution in [0.15, 0.2) is 72.8 Å². The van der Waals surface area contributed by atoms with Crippen molar-refractivity contribution >= 4 is 29.1 Å². The Labute approximate surface area is 186 Å². The van der Waals surface area contributed by atoms with Gasteiger partial charge >= 0.3 is 0 Å². The molecule has 3 aromatic carbocycles. The van der Waals surface area contributed by atoms with Crippen LogP contribution in [-0.2, 0) is 5.54 Å². The van der Waals surface area contributed by atoms with Crippen molar-refractivity contribution in [2.24, 2.45) is 0 Å². The van der Waals surface area contributed by atoms with E-state index in [1.54, 1.807) is 30.3 Å². The molecule has 1 saturated carbocycles. The quantitative estimate of drug-likeness (QED) is 0.464. The lowest BCUT2D eigenvalue weighted by atomic mass is 9.88. The van der Waals surface area contributed by atoms with Gasteiger partial charge in [-0.1, -0.05) is 60.8 Å². The van der Waals surface area contributed by atoms with Crippen LogP contribution < -0.4 is 10.6 Å². The number of rotatable bonds is 5. The van der Waals surface area contributed by atoms with Gasteiger partial charge in [-0.25, -0.2) is 0 Å². The molecular weight excluding hydrogens is 412 g/mol. The first-order chi connectivity index (χ1) is 15.0. The molecule has 1 aliphatic carbocycles. The highest BCUT2D eigenvalue weighted by atomic mass is 35.5. The Morgan fingerprint density at radius 2 is 1.55 bits per heavy atom. The van der Waals surface area contributed by atoms with E-state index in [1.165, 1.54) is 12.1 Å². The minimum atomic E-state index is -0.399. The van der Waals surface area contributed by atoms with Gasteiger partial charge < -0.3 is 15.7 Å². The Morgan fingerprint density at radius 1 is 0.839 bits per heavy atom. The fourth-order valence-electron chi connectivity index (χ4n) is 4.11. The number of carbonyl (C=O) groups is 2. The van der Waals surface area contributed by atoms with Gasteiger partial charge in [0.1, 0.15) is 5.75 Å². The van der Waals surface area contributed by atoms with Crippen molar-refractivity contribution in [1.82, 2.24) is 5.32 Å². The second-order valence-electron chi connectivity index (χ2n) is 7.81. The topological polar surface area (TPSA) is 78.4 Å². The van der Waals surface area contributed by atoms with Crippen molar-refractivity contribution in [1.29, 1.82) is 0 Å². The van der Waals surface area contributed by atoms with Crippen LogP contribution in [-0.4, -0.2) is 16.9 Å². The van der Waals surface area contributed by atoms with Crippen LogP contribution >= 0.6 is 11.6 Å². The second kappa shape index (κ2) is 8.82. The molecule has 0 bridgehead atoms. The average molecular weight is 435 g/mol. The predicted molar refractivity (Wildman–Crippen MR) is 122 cm³/mol. The van der Waals surface area contributed by atoms with E-state index in [1.807, 2.05) is 30.3 Å². The van der Waals surface area contributed by atoms with E-state index >= 15 is 0 Å². The highest BCUT2D eigenvalue weighted by molar-refractivity contribution is 6.31. The molecule has 0 saturated heterocycles. The summed E-state index contributed by atoms with van der Waals surface area (Å²) >= 11 is 5.93. The van der Waals surface area contributed by atoms with Crippen LogP contribution in [0, 0.1) is 0 Å². The lowest BCUT2D eigenvalue weighted by Crippen LogP contribution is -2.43. The number of nitrogens with one attached hydrogen (secondary N) is 2. The van der Waals surface area contributed by atoms with Gasteiger partial charge in [0.2, 0.25) is 0 Å². The molecule has 0 unspecified atom stereocenters. The van der Waals surface area contributed by atoms with E-state index in [0.717, 1.165) is 31.2 Å². The molecule has 3 aromatic rings. The van der Waals surface area contributed by atoms with E-state index < -0.39 is 11.4 Å². The molecule has 5 nitrogen and oxygen atoms in total. The molecule has 0 radical (unpaired) electrons. The number of carbonyl (C=O) groups excluding carboxylic acids is 2. The lowest BCUT2D eigenvalue weighted by Gasteiger charge is -2.31. The van der Waals surface area contributed by atoms with Crippen molar-refractivity contribution in [2.45, 2.75) is 31.2 Å². The maximum absolute atomic E-state index is 13.0. The Bertz CT molecular complexity index is 1110. The number of halogens is 1. The molecule has 0 spiro atoms. The molecular formula is C25H23ClN2O3. The Morgan fingerprint density at radius 3 is 2.23 bits per heavy atom. The third-order valence-electron chi connectivity index (χ3n) is 5.73. The molecule has 0 aromatic heterocycles. The zero-order valence-corrected chi connectivity index (χ0v) is 17.7. The summed E-state index contributed by atoms with van der Waals surface area (Å²) in [6.45, 7) is 0. The number of amides is 2. The van der Waals surface area contributed by atoms with Crippen LogP contribution in [0.4, 0.5) is 5.69 Å². The number of phenols is 1. The van der Waals surface area contributed by atoms with Gasteiger partial charge in [-0.2, -0.15) is 0 Å². The van der Waals surface area contributed by atoms with Crippen molar-refractivity contribution in [3.63, 3.8) is 0 Å². The summed E-state index contributed by atoms with van der Waals surface area (Å²) in [5, 5.41) is 16.7. The van der Waals surface area contributed by atoms with Gasteiger partial charge in [0, 0.05) is 16.1 Å². The van der Waals surface area contributed by atoms with Crippen LogP contribution in [0.25, 0.3) is 0 Å². The van der Waals surface area contributed by atoms with E-state index in [9.17, 15) is 14.7 Å². The predicted octanol–water partition coefficient (Wildman–Crippen LogP) is 5.50. The van der Waals surface area contributed by atoms with E-state index in [-0.39, 0.29) is 17.3 Å². The zero-order chi connectivity index (χ0) is 21.8. The van der Waals surface area contributed by atoms with Crippen molar-refractivity contribution < 1.29 is 14.7 Å². The minimum absolute atomic E-state index is 0.178. The fraction of sp³-hybridized carbons (Fsp3) is 0.200. The number of phenolic OH excluding ortho intramolecular Hbond substituents is 1. The summed E-state index contributed by atoms with van der Waals surface area (Å²) in [7, 11) is 0. The molecule has 0 aliphatic heterocycles. The standard InChI is InChI=1S/C25H23ClN2O3/c26-20-10-6-7-17(15-20)23(30)27-21-12-11-18(16-22(21)29)24(31)28-25(13-4-5-14-25)19-8-2-1-3-9-19/h1-3,6-12,15-16,29H,4-5,13-14H2,(H,27,30)(H,28,31). The maximum Gasteiger partial charge on any atom is 0.255 e. The zero-order valence-electron chi connectivity index (χ0n) is 16.9. The Hall–Kier alpha value is -3.31. The summed E-state index contributed by atoms with van der Waals surface area (Å²) in [5.74, 6) is -0.832. The third kappa shape index (κ3) is 4.57. The van der Waals surface area contributed by atoms with E-state index in [4.69, 9.17) is 11.6 Å². The minimum Gasteiger partial charge on any atom is -0.506 e. The average Bonchev–Trinajstić information content (AvgIpc) is 3.25. The number of aromatic hydroxyl groups is 1. The van der Waals surface area contributed by atoms with Gasteiger partial charge in [-0.05, 0) is 54.8 Å². The first kappa shape index (κ1) is 20.9. The van der Waals surface area contributed by atoms with Crippen LogP contribution in [0.5, 0.6) is 5.75 Å². The number of benzene rings is 3. The van der Waals surface area contributed by atoms with Gasteiger partial charge in [-0.3, -0.25) is 9.59 Å². The SMILES string of the molecule is O=C(Nc1ccc(C(=O)NC2(c3ccccc3)CCCC2)cc1O)c1cccc(Cl)c1. The smallest absolute Gasteiger partial charge is 0.255 e. The normalized spacial score (nSPS) is 14.7. The summed E-state index contributed by atoms with van der Waals surface area (Å²) in [4.78, 5) is 25.4. The second-order valence-corrected chi connectivity index (χ2v) is 8.24. The summed E-state index contributed by atoms with van der Waals surface area (Å²) in [5.41, 5.74) is 1.63. The van der Waals surface area contributed by atoms with Crippen LogP contribution in [0.1, 0.15) is 52.0 Å². The van der Waals surface area contributed by atoms with E-state index in [2.05, 4.69) is 10.6 Å². The molecule has 4 rings (SSSR count). The molecule has 6 heteroatoms. The summed E-state index contributed by atoms with van der Waals surface area (Å²) < 4.78 is 0. The fourth-order valence-corrected chi connectivity index (χ4v) is 4.30. The molecule has 1 fully saturated rings. The Kier molecular flexibility index (Phi) is 5.96. The first-order valence-corrected chi connectivity index (χ1v) is 10.6. The molecule has 2 amide bonds. The molecule has 31 heavy (non-hydrogen) atoms. The highest BCUT2D eigenvalue weighted by Gasteiger charge is 2.37. The van der Waals surface area contributed by atoms with Crippen LogP contribution in [0.2, 0.25) is 5.02 Å². The number of hydrogen-bond donors (Lipinski definition) is 3. The van der Waals surface area contributed by atoms with Crippen molar-refractivity contribution in [3.8, 4) is 5.75 Å². The lowest BCUT2D eigenvalue weighted by molar-refractivity contribution is 0.0897. The summed E-state index contributed by atoms with van der Waals surface area (Å²) in [6, 6.07) is 21.0. The van der Waals surface area contributed by atoms with Crippen molar-refractivity contribution in [2.75, 3.05) is 5.32 Å². The summed E-state index contributed by atoms with van der Waals surface area (Å²) in [6.07, 6.45) is 3.86. The Balaban J connectivity index is 1.51. The molecule has 0 atom stereocenters. The van der Waals surface area contributed by atoms with Gasteiger partial charge in [-0.15, -0.1) is 0 Å². The number of hydrogen-bond acceptors (Lipinski definition) is 3.